The Labute approximate surface area is 159 Å². The number of piperazine rings is 1. The van der Waals surface area contributed by atoms with Gasteiger partial charge in [0.05, 0.1) is 12.5 Å². The molecule has 2 N–H and O–H groups in total. The molecular formula is C17H35Cl2N3O2. The van der Waals surface area contributed by atoms with Crippen LogP contribution in [-0.2, 0) is 9.53 Å². The Morgan fingerprint density at radius 2 is 2.00 bits per heavy atom. The predicted molar refractivity (Wildman–Crippen MR) is 103 cm³/mol. The van der Waals surface area contributed by atoms with Gasteiger partial charge >= 0.3 is 0 Å². The van der Waals surface area contributed by atoms with Crippen molar-refractivity contribution in [3.05, 3.63) is 0 Å². The van der Waals surface area contributed by atoms with Gasteiger partial charge in [-0.15, -0.1) is 24.8 Å². The first-order valence-corrected chi connectivity index (χ1v) is 8.80. The highest BCUT2D eigenvalue weighted by atomic mass is 35.5. The summed E-state index contributed by atoms with van der Waals surface area (Å²) in [6, 6.07) is 0.445. The second kappa shape index (κ2) is 10.8. The fraction of sp³-hybridized carbons (Fsp3) is 0.941. The van der Waals surface area contributed by atoms with Crippen LogP contribution in [0.4, 0.5) is 0 Å². The fourth-order valence-corrected chi connectivity index (χ4v) is 3.97. The summed E-state index contributed by atoms with van der Waals surface area (Å²) in [7, 11) is 1.74. The van der Waals surface area contributed by atoms with Gasteiger partial charge in [0.15, 0.2) is 0 Å². The monoisotopic (exact) mass is 383 g/mol. The average Bonchev–Trinajstić information content (AvgIpc) is 2.51. The number of rotatable bonds is 5. The molecule has 0 spiro atoms. The first-order chi connectivity index (χ1) is 10.5. The van der Waals surface area contributed by atoms with Crippen LogP contribution in [0.2, 0.25) is 0 Å². The molecule has 0 aromatic carbocycles. The Balaban J connectivity index is 0.00000264. The zero-order valence-electron chi connectivity index (χ0n) is 15.3. The van der Waals surface area contributed by atoms with Gasteiger partial charge in [0, 0.05) is 44.9 Å². The molecule has 1 heterocycles. The summed E-state index contributed by atoms with van der Waals surface area (Å²) in [4.78, 5) is 17.5. The molecule has 5 nitrogen and oxygen atoms in total. The number of nitrogens with zero attached hydrogens (tertiary/aromatic N) is 2. The number of carbonyl (C=O) groups is 1. The van der Waals surface area contributed by atoms with Gasteiger partial charge in [-0.05, 0) is 26.2 Å². The van der Waals surface area contributed by atoms with Gasteiger partial charge in [-0.1, -0.05) is 19.8 Å². The Morgan fingerprint density at radius 3 is 2.58 bits per heavy atom. The molecule has 2 rings (SSSR count). The molecule has 1 saturated carbocycles. The van der Waals surface area contributed by atoms with Gasteiger partial charge in [0.1, 0.15) is 0 Å². The summed E-state index contributed by atoms with van der Waals surface area (Å²) in [5.74, 6) is 0.291. The predicted octanol–water partition coefficient (Wildman–Crippen LogP) is 2.31. The summed E-state index contributed by atoms with van der Waals surface area (Å²) in [6.45, 7) is 8.58. The highest BCUT2D eigenvalue weighted by molar-refractivity contribution is 5.85. The SMILES string of the molecule is CCC1CN(C(=O)C2CCCCC2(C)N)CCN1CCOC.Cl.Cl. The largest absolute Gasteiger partial charge is 0.383 e. The lowest BCUT2D eigenvalue weighted by atomic mass is 9.74. The molecule has 2 fully saturated rings. The number of methoxy groups -OCH3 is 1. The fourth-order valence-electron chi connectivity index (χ4n) is 3.97. The van der Waals surface area contributed by atoms with Crippen molar-refractivity contribution in [2.45, 2.75) is 57.5 Å². The van der Waals surface area contributed by atoms with Crippen LogP contribution < -0.4 is 5.73 Å². The molecule has 0 aromatic heterocycles. The lowest BCUT2D eigenvalue weighted by Crippen LogP contribution is -2.60. The Bertz CT molecular complexity index is 383. The molecule has 1 amide bonds. The van der Waals surface area contributed by atoms with Crippen LogP contribution >= 0.6 is 24.8 Å². The van der Waals surface area contributed by atoms with E-state index >= 15 is 0 Å². The zero-order valence-corrected chi connectivity index (χ0v) is 17.0. The summed E-state index contributed by atoms with van der Waals surface area (Å²) >= 11 is 0. The van der Waals surface area contributed by atoms with E-state index in [1.807, 2.05) is 0 Å². The number of ether oxygens (including phenoxy) is 1. The average molecular weight is 384 g/mol. The van der Waals surface area contributed by atoms with Gasteiger partial charge in [0.25, 0.3) is 0 Å². The van der Waals surface area contributed by atoms with Crippen LogP contribution in [-0.4, -0.2) is 67.2 Å². The minimum Gasteiger partial charge on any atom is -0.383 e. The molecule has 3 atom stereocenters. The zero-order chi connectivity index (χ0) is 16.2. The van der Waals surface area contributed by atoms with Crippen LogP contribution in [0.1, 0.15) is 46.0 Å². The molecule has 0 radical (unpaired) electrons. The number of carbonyl (C=O) groups excluding carboxylic acids is 1. The maximum atomic E-state index is 13.0. The van der Waals surface area contributed by atoms with Crippen molar-refractivity contribution in [1.82, 2.24) is 9.80 Å². The van der Waals surface area contributed by atoms with Crippen molar-refractivity contribution < 1.29 is 9.53 Å². The van der Waals surface area contributed by atoms with Crippen LogP contribution in [0.15, 0.2) is 0 Å². The number of hydrogen-bond acceptors (Lipinski definition) is 4. The molecule has 7 heteroatoms. The second-order valence-corrected chi connectivity index (χ2v) is 7.18. The molecule has 2 aliphatic rings. The minimum atomic E-state index is -0.329. The molecule has 3 unspecified atom stereocenters. The number of halogens is 2. The summed E-state index contributed by atoms with van der Waals surface area (Å²) in [5, 5.41) is 0. The first-order valence-electron chi connectivity index (χ1n) is 8.80. The standard InChI is InChI=1S/C17H33N3O2.2ClH/c1-4-14-13-20(10-9-19(14)11-12-22-3)16(21)15-7-5-6-8-17(15,2)18;;/h14-15H,4-13,18H2,1-3H3;2*1H. The number of nitrogens with two attached hydrogens (primary N) is 1. The van der Waals surface area contributed by atoms with Crippen LogP contribution in [0, 0.1) is 5.92 Å². The molecule has 0 aromatic rings. The van der Waals surface area contributed by atoms with Crippen molar-refractivity contribution in [3.8, 4) is 0 Å². The normalized spacial score (nSPS) is 31.1. The summed E-state index contributed by atoms with van der Waals surface area (Å²) < 4.78 is 5.20. The molecule has 144 valence electrons. The Hall–Kier alpha value is -0.0700. The van der Waals surface area contributed by atoms with E-state index in [-0.39, 0.29) is 42.2 Å². The van der Waals surface area contributed by atoms with Gasteiger partial charge < -0.3 is 15.4 Å². The van der Waals surface area contributed by atoms with Crippen molar-refractivity contribution in [2.75, 3.05) is 39.9 Å². The van der Waals surface area contributed by atoms with Crippen molar-refractivity contribution in [2.24, 2.45) is 11.7 Å². The second-order valence-electron chi connectivity index (χ2n) is 7.18. The van der Waals surface area contributed by atoms with Crippen molar-refractivity contribution >= 4 is 30.7 Å². The van der Waals surface area contributed by atoms with E-state index < -0.39 is 0 Å². The van der Waals surface area contributed by atoms with Gasteiger partial charge in [-0.3, -0.25) is 9.69 Å². The van der Waals surface area contributed by atoms with E-state index in [1.165, 1.54) is 0 Å². The highest BCUT2D eigenvalue weighted by Crippen LogP contribution is 2.33. The quantitative estimate of drug-likeness (QED) is 0.790. The van der Waals surface area contributed by atoms with Gasteiger partial charge in [-0.2, -0.15) is 0 Å². The third-order valence-corrected chi connectivity index (χ3v) is 5.52. The minimum absolute atomic E-state index is 0. The van der Waals surface area contributed by atoms with Gasteiger partial charge in [-0.25, -0.2) is 0 Å². The number of amides is 1. The third kappa shape index (κ3) is 5.73. The van der Waals surface area contributed by atoms with E-state index in [9.17, 15) is 4.79 Å². The molecular weight excluding hydrogens is 349 g/mol. The molecule has 0 bridgehead atoms. The molecule has 1 aliphatic heterocycles. The maximum absolute atomic E-state index is 13.0. The topological polar surface area (TPSA) is 58.8 Å². The molecule has 1 aliphatic carbocycles. The van der Waals surface area contributed by atoms with Crippen LogP contribution in [0.5, 0.6) is 0 Å². The molecule has 1 saturated heterocycles. The molecule has 24 heavy (non-hydrogen) atoms. The lowest BCUT2D eigenvalue weighted by Gasteiger charge is -2.45. The smallest absolute Gasteiger partial charge is 0.227 e. The van der Waals surface area contributed by atoms with Crippen LogP contribution in [0.25, 0.3) is 0 Å². The van der Waals surface area contributed by atoms with Crippen LogP contribution in [0.3, 0.4) is 0 Å². The third-order valence-electron chi connectivity index (χ3n) is 5.52. The van der Waals surface area contributed by atoms with E-state index in [2.05, 4.69) is 23.6 Å². The van der Waals surface area contributed by atoms with E-state index in [1.54, 1.807) is 7.11 Å². The van der Waals surface area contributed by atoms with Gasteiger partial charge in [0.2, 0.25) is 5.91 Å². The Kier molecular flexibility index (Phi) is 10.8. The first kappa shape index (κ1) is 23.9. The highest BCUT2D eigenvalue weighted by Gasteiger charge is 2.41. The van der Waals surface area contributed by atoms with Crippen molar-refractivity contribution in [3.63, 3.8) is 0 Å². The summed E-state index contributed by atoms with van der Waals surface area (Å²) in [5.41, 5.74) is 6.09. The maximum Gasteiger partial charge on any atom is 0.227 e. The summed E-state index contributed by atoms with van der Waals surface area (Å²) in [6.07, 6.45) is 5.27. The Morgan fingerprint density at radius 1 is 1.29 bits per heavy atom. The van der Waals surface area contributed by atoms with Crippen molar-refractivity contribution in [1.29, 1.82) is 0 Å². The van der Waals surface area contributed by atoms with E-state index in [4.69, 9.17) is 10.5 Å². The number of hydrogen-bond donors (Lipinski definition) is 1. The lowest BCUT2D eigenvalue weighted by molar-refractivity contribution is -0.142. The van der Waals surface area contributed by atoms with E-state index in [0.717, 1.165) is 64.9 Å². The van der Waals surface area contributed by atoms with E-state index in [0.29, 0.717) is 6.04 Å².